The van der Waals surface area contributed by atoms with Gasteiger partial charge in [-0.15, -0.1) is 0 Å². The van der Waals surface area contributed by atoms with Crippen LogP contribution in [-0.4, -0.2) is 40.1 Å². The number of aromatic nitrogens is 8. The van der Waals surface area contributed by atoms with Crippen molar-refractivity contribution in [3.63, 3.8) is 0 Å². The standard InChI is InChI=1S/C23H15N9/c1-2-12(8-24-7-1)14-3-4-16-19(28-16)21-18(14)29-23(30-21)22-20-17(31-32-22)6-5-15(27-20)13-9-25-11-26-10-13/h1-11,19,28H,(H,29,30)(H,31,32). The Balaban J connectivity index is 1.38. The van der Waals surface area contributed by atoms with Crippen molar-refractivity contribution in [2.24, 2.45) is 0 Å². The molecule has 1 atom stereocenters. The van der Waals surface area contributed by atoms with E-state index in [1.165, 1.54) is 6.33 Å². The third kappa shape index (κ3) is 2.58. The zero-order valence-electron chi connectivity index (χ0n) is 16.6. The average Bonchev–Trinajstić information content (AvgIpc) is 3.34. The van der Waals surface area contributed by atoms with Crippen LogP contribution >= 0.6 is 0 Å². The van der Waals surface area contributed by atoms with E-state index in [9.17, 15) is 0 Å². The predicted molar refractivity (Wildman–Crippen MR) is 118 cm³/mol. The molecule has 1 saturated heterocycles. The number of H-pyrrole nitrogens is 2. The third-order valence-corrected chi connectivity index (χ3v) is 5.70. The summed E-state index contributed by atoms with van der Waals surface area (Å²) in [7, 11) is 0. The number of hydrogen-bond donors (Lipinski definition) is 3. The van der Waals surface area contributed by atoms with Crippen molar-refractivity contribution in [1.82, 2.24) is 45.4 Å². The third-order valence-electron chi connectivity index (χ3n) is 5.70. The number of fused-ring (bicyclic) bond motifs is 4. The minimum Gasteiger partial charge on any atom is -0.373 e. The van der Waals surface area contributed by atoms with Crippen LogP contribution in [0.4, 0.5) is 0 Å². The van der Waals surface area contributed by atoms with Gasteiger partial charge >= 0.3 is 0 Å². The Morgan fingerprint density at radius 2 is 1.75 bits per heavy atom. The molecule has 2 aliphatic rings. The van der Waals surface area contributed by atoms with Crippen molar-refractivity contribution in [2.75, 3.05) is 0 Å². The van der Waals surface area contributed by atoms with Crippen LogP contribution in [0.1, 0.15) is 23.0 Å². The summed E-state index contributed by atoms with van der Waals surface area (Å²) in [4.78, 5) is 25.8. The highest BCUT2D eigenvalue weighted by atomic mass is 15.2. The van der Waals surface area contributed by atoms with Crippen molar-refractivity contribution in [3.05, 3.63) is 90.2 Å². The molecule has 1 fully saturated rings. The largest absolute Gasteiger partial charge is 0.373 e. The Labute approximate surface area is 181 Å². The van der Waals surface area contributed by atoms with Gasteiger partial charge in [-0.3, -0.25) is 10.1 Å². The molecule has 0 aromatic carbocycles. The van der Waals surface area contributed by atoms with E-state index in [1.54, 1.807) is 18.6 Å². The highest BCUT2D eigenvalue weighted by Crippen LogP contribution is 2.42. The minimum atomic E-state index is 0.131. The van der Waals surface area contributed by atoms with Gasteiger partial charge in [-0.25, -0.2) is 19.9 Å². The molecule has 5 aromatic heterocycles. The summed E-state index contributed by atoms with van der Waals surface area (Å²) < 4.78 is 0. The van der Waals surface area contributed by atoms with E-state index in [1.807, 2.05) is 30.5 Å². The molecule has 0 bridgehead atoms. The molecular weight excluding hydrogens is 402 g/mol. The van der Waals surface area contributed by atoms with Gasteiger partial charge in [0.1, 0.15) is 17.9 Å². The lowest BCUT2D eigenvalue weighted by Crippen LogP contribution is -1.95. The molecule has 152 valence electrons. The van der Waals surface area contributed by atoms with Gasteiger partial charge in [0, 0.05) is 47.2 Å². The van der Waals surface area contributed by atoms with Crippen LogP contribution in [0.25, 0.3) is 39.4 Å². The lowest BCUT2D eigenvalue weighted by atomic mass is 10.0. The van der Waals surface area contributed by atoms with Crippen LogP contribution in [-0.2, 0) is 0 Å². The topological polar surface area (TPSA) is 131 Å². The number of aromatic amines is 2. The van der Waals surface area contributed by atoms with Crippen molar-refractivity contribution in [2.45, 2.75) is 6.04 Å². The molecule has 3 N–H and O–H groups in total. The second-order valence-corrected chi connectivity index (χ2v) is 7.66. The monoisotopic (exact) mass is 417 g/mol. The van der Waals surface area contributed by atoms with E-state index in [-0.39, 0.29) is 6.04 Å². The summed E-state index contributed by atoms with van der Waals surface area (Å²) in [6.45, 7) is 0. The summed E-state index contributed by atoms with van der Waals surface area (Å²) in [6.07, 6.45) is 12.8. The summed E-state index contributed by atoms with van der Waals surface area (Å²) >= 11 is 0. The molecular formula is C23H15N9. The minimum absolute atomic E-state index is 0.131. The SMILES string of the molecule is C1=C(c2cccnc2)c2nc(-c3n[nH]c4ccc(-c5cncnc5)nc34)[nH]c2C2NC2=C1. The van der Waals surface area contributed by atoms with Crippen molar-refractivity contribution >= 4 is 16.6 Å². The van der Waals surface area contributed by atoms with Gasteiger partial charge < -0.3 is 10.3 Å². The van der Waals surface area contributed by atoms with E-state index in [4.69, 9.17) is 9.97 Å². The lowest BCUT2D eigenvalue weighted by Gasteiger charge is -2.05. The maximum atomic E-state index is 4.97. The number of allylic oxidation sites excluding steroid dienone is 2. The number of nitrogens with zero attached hydrogens (tertiary/aromatic N) is 6. The highest BCUT2D eigenvalue weighted by Gasteiger charge is 2.37. The van der Waals surface area contributed by atoms with Gasteiger partial charge in [0.05, 0.1) is 22.6 Å². The van der Waals surface area contributed by atoms with E-state index < -0.39 is 0 Å². The molecule has 6 heterocycles. The summed E-state index contributed by atoms with van der Waals surface area (Å²) in [6, 6.07) is 7.99. The first-order valence-electron chi connectivity index (χ1n) is 10.1. The molecule has 0 radical (unpaired) electrons. The average molecular weight is 417 g/mol. The molecule has 9 heteroatoms. The Morgan fingerprint density at radius 1 is 0.844 bits per heavy atom. The number of nitrogens with one attached hydrogen (secondary N) is 3. The van der Waals surface area contributed by atoms with Crippen LogP contribution < -0.4 is 5.32 Å². The molecule has 0 amide bonds. The number of imidazole rings is 1. The van der Waals surface area contributed by atoms with Crippen LogP contribution in [0, 0.1) is 0 Å². The fraction of sp³-hybridized carbons (Fsp3) is 0.0435. The fourth-order valence-electron chi connectivity index (χ4n) is 4.07. The second kappa shape index (κ2) is 6.42. The van der Waals surface area contributed by atoms with Crippen LogP contribution in [0.5, 0.6) is 0 Å². The number of rotatable bonds is 3. The molecule has 0 spiro atoms. The molecule has 7 rings (SSSR count). The summed E-state index contributed by atoms with van der Waals surface area (Å²) in [5.74, 6) is 0.667. The van der Waals surface area contributed by atoms with Gasteiger partial charge in [-0.1, -0.05) is 12.1 Å². The van der Waals surface area contributed by atoms with Crippen molar-refractivity contribution in [1.29, 1.82) is 0 Å². The quantitative estimate of drug-likeness (QED) is 0.384. The van der Waals surface area contributed by atoms with Gasteiger partial charge in [-0.05, 0) is 24.3 Å². The number of hydrogen-bond acceptors (Lipinski definition) is 7. The Kier molecular flexibility index (Phi) is 3.42. The van der Waals surface area contributed by atoms with Gasteiger partial charge in [-0.2, -0.15) is 5.10 Å². The first-order chi connectivity index (χ1) is 15.8. The molecule has 0 saturated carbocycles. The van der Waals surface area contributed by atoms with Crippen LogP contribution in [0.15, 0.2) is 73.2 Å². The van der Waals surface area contributed by atoms with E-state index >= 15 is 0 Å². The van der Waals surface area contributed by atoms with Gasteiger partial charge in [0.15, 0.2) is 11.5 Å². The van der Waals surface area contributed by atoms with E-state index in [2.05, 4.69) is 47.6 Å². The molecule has 5 aromatic rings. The second-order valence-electron chi connectivity index (χ2n) is 7.66. The summed E-state index contributed by atoms with van der Waals surface area (Å²) in [5, 5.41) is 11.0. The maximum absolute atomic E-state index is 4.97. The normalized spacial score (nSPS) is 16.4. The highest BCUT2D eigenvalue weighted by molar-refractivity contribution is 5.90. The first kappa shape index (κ1) is 17.1. The Morgan fingerprint density at radius 3 is 2.62 bits per heavy atom. The van der Waals surface area contributed by atoms with Gasteiger partial charge in [0.25, 0.3) is 0 Å². The van der Waals surface area contributed by atoms with Gasteiger partial charge in [0.2, 0.25) is 0 Å². The fourth-order valence-corrected chi connectivity index (χ4v) is 4.07. The van der Waals surface area contributed by atoms with E-state index in [0.717, 1.165) is 50.5 Å². The van der Waals surface area contributed by atoms with E-state index in [0.29, 0.717) is 11.5 Å². The zero-order chi connectivity index (χ0) is 21.1. The maximum Gasteiger partial charge on any atom is 0.161 e. The van der Waals surface area contributed by atoms with Crippen molar-refractivity contribution < 1.29 is 0 Å². The Bertz CT molecular complexity index is 1540. The molecule has 1 aliphatic heterocycles. The number of pyridine rings is 2. The Hall–Kier alpha value is -4.66. The van der Waals surface area contributed by atoms with Crippen LogP contribution in [0.2, 0.25) is 0 Å². The lowest BCUT2D eigenvalue weighted by molar-refractivity contribution is 1.01. The van der Waals surface area contributed by atoms with Crippen molar-refractivity contribution in [3.8, 4) is 22.8 Å². The first-order valence-corrected chi connectivity index (χ1v) is 10.1. The summed E-state index contributed by atoms with van der Waals surface area (Å²) in [5.41, 5.74) is 8.96. The molecule has 9 nitrogen and oxygen atoms in total. The molecule has 32 heavy (non-hydrogen) atoms. The smallest absolute Gasteiger partial charge is 0.161 e. The zero-order valence-corrected chi connectivity index (χ0v) is 16.6. The van der Waals surface area contributed by atoms with Crippen LogP contribution in [0.3, 0.4) is 0 Å². The predicted octanol–water partition coefficient (Wildman–Crippen LogP) is 3.17. The molecule has 1 aliphatic carbocycles. The molecule has 1 unspecified atom stereocenters.